The van der Waals surface area contributed by atoms with Gasteiger partial charge in [0.25, 0.3) is 0 Å². The number of rotatable bonds is 8. The number of nitrogens with zero attached hydrogens (tertiary/aromatic N) is 5. The molecule has 9 nitrogen and oxygen atoms in total. The largest absolute Gasteiger partial charge is 0.489 e. The number of fused-ring (bicyclic) bond motifs is 1. The number of benzene rings is 2. The Morgan fingerprint density at radius 1 is 1.18 bits per heavy atom. The number of imidazole rings is 1. The number of piperidine rings is 1. The minimum Gasteiger partial charge on any atom is -0.489 e. The topological polar surface area (TPSA) is 100 Å². The fourth-order valence-electron chi connectivity index (χ4n) is 5.65. The van der Waals surface area contributed by atoms with Gasteiger partial charge in [0.15, 0.2) is 0 Å². The average Bonchev–Trinajstić information content (AvgIpc) is 3.62. The van der Waals surface area contributed by atoms with Gasteiger partial charge >= 0.3 is 0 Å². The molecule has 1 aliphatic heterocycles. The first-order valence-electron chi connectivity index (χ1n) is 14.3. The summed E-state index contributed by atoms with van der Waals surface area (Å²) in [5, 5.41) is 4.40. The van der Waals surface area contributed by atoms with E-state index in [0.717, 1.165) is 48.1 Å². The summed E-state index contributed by atoms with van der Waals surface area (Å²) in [5.41, 5.74) is 10.1. The van der Waals surface area contributed by atoms with Gasteiger partial charge in [-0.1, -0.05) is 29.9 Å². The summed E-state index contributed by atoms with van der Waals surface area (Å²) < 4.78 is 31.3. The second-order valence-corrected chi connectivity index (χ2v) is 12.0. The minimum atomic E-state index is -0.872. The lowest BCUT2D eigenvalue weighted by Gasteiger charge is -2.30. The molecule has 44 heavy (non-hydrogen) atoms. The summed E-state index contributed by atoms with van der Waals surface area (Å²) in [7, 11) is 3.93. The molecule has 0 bridgehead atoms. The van der Waals surface area contributed by atoms with E-state index in [1.54, 1.807) is 42.3 Å². The van der Waals surface area contributed by atoms with Crippen molar-refractivity contribution in [3.63, 3.8) is 0 Å². The molecule has 2 aromatic heterocycles. The van der Waals surface area contributed by atoms with Crippen molar-refractivity contribution < 1.29 is 18.7 Å². The zero-order valence-corrected chi connectivity index (χ0v) is 26.1. The summed E-state index contributed by atoms with van der Waals surface area (Å²) in [6, 6.07) is 8.77. The van der Waals surface area contributed by atoms with Crippen molar-refractivity contribution in [3.05, 3.63) is 83.2 Å². The van der Waals surface area contributed by atoms with Gasteiger partial charge in [0.05, 0.1) is 38.8 Å². The second-order valence-electron chi connectivity index (χ2n) is 11.2. The number of carbonyl (C=O) groups excluding carboxylic acids is 1. The normalized spacial score (nSPS) is 18.8. The molecule has 2 aromatic carbocycles. The number of hydrogen-bond donors (Lipinski definition) is 1. The molecule has 2 N–H and O–H groups in total. The Morgan fingerprint density at radius 3 is 2.66 bits per heavy atom. The lowest BCUT2D eigenvalue weighted by Crippen LogP contribution is -2.35. The Balaban J connectivity index is 1.29. The maximum atomic E-state index is 15.2. The highest BCUT2D eigenvalue weighted by Crippen LogP contribution is 2.38. The molecule has 228 valence electrons. The third-order valence-corrected chi connectivity index (χ3v) is 8.92. The molecule has 3 heterocycles. The number of hydrogen-bond acceptors (Lipinski definition) is 7. The zero-order chi connectivity index (χ0) is 31.1. The molecule has 1 fully saturated rings. The predicted molar refractivity (Wildman–Crippen MR) is 172 cm³/mol. The van der Waals surface area contributed by atoms with E-state index in [1.165, 1.54) is 6.07 Å². The van der Waals surface area contributed by atoms with Crippen molar-refractivity contribution in [1.82, 2.24) is 24.2 Å². The lowest BCUT2D eigenvalue weighted by molar-refractivity contribution is -0.114. The van der Waals surface area contributed by atoms with Gasteiger partial charge in [0.1, 0.15) is 30.1 Å². The van der Waals surface area contributed by atoms with Crippen molar-refractivity contribution >= 4 is 51.3 Å². The Labute approximate surface area is 264 Å². The molecule has 1 saturated heterocycles. The van der Waals surface area contributed by atoms with Crippen LogP contribution < -0.4 is 10.5 Å². The first-order chi connectivity index (χ1) is 21.1. The second kappa shape index (κ2) is 12.2. The highest BCUT2D eigenvalue weighted by molar-refractivity contribution is 7.81. The molecule has 2 atom stereocenters. The van der Waals surface area contributed by atoms with Crippen LogP contribution in [0.5, 0.6) is 5.75 Å². The molecule has 0 saturated carbocycles. The predicted octanol–water partition coefficient (Wildman–Crippen LogP) is 5.48. The average molecular weight is 635 g/mol. The molecule has 6 rings (SSSR count). The van der Waals surface area contributed by atoms with E-state index in [-0.39, 0.29) is 27.1 Å². The first kappa shape index (κ1) is 30.1. The molecule has 1 amide bonds. The van der Waals surface area contributed by atoms with Crippen LogP contribution in [0.25, 0.3) is 27.9 Å². The van der Waals surface area contributed by atoms with E-state index in [9.17, 15) is 4.79 Å². The van der Waals surface area contributed by atoms with Crippen LogP contribution in [-0.4, -0.2) is 67.3 Å². The van der Waals surface area contributed by atoms with Gasteiger partial charge in [0, 0.05) is 43.2 Å². The Hall–Kier alpha value is -3.90. The molecule has 0 spiro atoms. The van der Waals surface area contributed by atoms with Gasteiger partial charge in [-0.25, -0.2) is 9.37 Å². The van der Waals surface area contributed by atoms with Crippen molar-refractivity contribution in [2.24, 2.45) is 12.8 Å². The number of allylic oxidation sites excluding steroid dienone is 2. The number of thiocarbonyl (C=S) groups is 1. The lowest BCUT2D eigenvalue weighted by atomic mass is 9.98. The van der Waals surface area contributed by atoms with Gasteiger partial charge in [-0.3, -0.25) is 14.0 Å². The number of aryl methyl sites for hydroxylation is 1. The Morgan fingerprint density at radius 2 is 1.95 bits per heavy atom. The van der Waals surface area contributed by atoms with E-state index in [1.807, 2.05) is 36.0 Å². The Bertz CT molecular complexity index is 1820. The van der Waals surface area contributed by atoms with Gasteiger partial charge < -0.3 is 20.1 Å². The summed E-state index contributed by atoms with van der Waals surface area (Å²) >= 11 is 12.3. The van der Waals surface area contributed by atoms with E-state index < -0.39 is 23.9 Å². The number of halogens is 2. The van der Waals surface area contributed by atoms with Gasteiger partial charge in [-0.05, 0) is 68.8 Å². The van der Waals surface area contributed by atoms with Gasteiger partial charge in [-0.2, -0.15) is 5.10 Å². The first-order valence-corrected chi connectivity index (χ1v) is 15.1. The fourth-order valence-corrected chi connectivity index (χ4v) is 6.28. The van der Waals surface area contributed by atoms with Crippen LogP contribution >= 0.6 is 23.8 Å². The Kier molecular flexibility index (Phi) is 8.38. The molecule has 4 aromatic rings. The van der Waals surface area contributed by atoms with E-state index in [2.05, 4.69) is 22.0 Å². The number of amides is 1. The molecule has 1 aliphatic carbocycles. The standard InChI is InChI=1S/C32H32ClFN6O3S/c1-18(29-24(34)5-7-27(30(29)33)43-22-8-10-38(2)11-9-22)42-28-14-21(13-23(31(28)44)32(35)41)40-17-36-25-12-19(4-6-26(25)40)20-15-37-39(3)16-20/h4-7,12-18,22,28H,8-11H2,1-3H3,(H2,35,41)/t18-,28?/m1/s1. The highest BCUT2D eigenvalue weighted by Gasteiger charge is 2.30. The number of carbonyl (C=O) groups is 1. The van der Waals surface area contributed by atoms with Crippen LogP contribution in [0.1, 0.15) is 31.4 Å². The maximum absolute atomic E-state index is 15.2. The third-order valence-electron chi connectivity index (χ3n) is 8.07. The van der Waals surface area contributed by atoms with Crippen LogP contribution in [0.3, 0.4) is 0 Å². The fraction of sp³-hybridized carbons (Fsp3) is 0.312. The van der Waals surface area contributed by atoms with Crippen molar-refractivity contribution in [1.29, 1.82) is 0 Å². The quantitative estimate of drug-likeness (QED) is 0.256. The molecule has 0 radical (unpaired) electrons. The molecule has 1 unspecified atom stereocenters. The number of aromatic nitrogens is 4. The summed E-state index contributed by atoms with van der Waals surface area (Å²) in [4.78, 5) is 19.5. The van der Waals surface area contributed by atoms with Crippen LogP contribution in [0, 0.1) is 5.82 Å². The van der Waals surface area contributed by atoms with Crippen LogP contribution in [0.15, 0.2) is 66.8 Å². The molecule has 2 aliphatic rings. The van der Waals surface area contributed by atoms with Crippen molar-refractivity contribution in [3.8, 4) is 16.9 Å². The number of primary amides is 1. The van der Waals surface area contributed by atoms with E-state index >= 15 is 4.39 Å². The van der Waals surface area contributed by atoms with Crippen molar-refractivity contribution in [2.45, 2.75) is 38.1 Å². The highest BCUT2D eigenvalue weighted by atomic mass is 35.5. The SMILES string of the molecule is C[C@@H](OC1C=C(n2cnc3cc(-c4cnn(C)c4)ccc32)C=C(C(N)=O)C1=S)c1c(F)ccc(OC2CCN(C)CC2)c1Cl. The van der Waals surface area contributed by atoms with Crippen LogP contribution in [0.2, 0.25) is 5.02 Å². The van der Waals surface area contributed by atoms with Gasteiger partial charge in [0.2, 0.25) is 5.91 Å². The van der Waals surface area contributed by atoms with E-state index in [4.69, 9.17) is 39.0 Å². The summed E-state index contributed by atoms with van der Waals surface area (Å²) in [6.07, 6.45) is 8.76. The minimum absolute atomic E-state index is 0.0108. The summed E-state index contributed by atoms with van der Waals surface area (Å²) in [5.74, 6) is -0.813. The van der Waals surface area contributed by atoms with Crippen LogP contribution in [-0.2, 0) is 16.6 Å². The third kappa shape index (κ3) is 5.92. The number of nitrogens with two attached hydrogens (primary N) is 1. The van der Waals surface area contributed by atoms with E-state index in [0.29, 0.717) is 11.4 Å². The number of ether oxygens (including phenoxy) is 2. The molecular formula is C32H32ClFN6O3S. The van der Waals surface area contributed by atoms with Crippen molar-refractivity contribution in [2.75, 3.05) is 20.1 Å². The molecular weight excluding hydrogens is 603 g/mol. The number of likely N-dealkylation sites (tertiary alicyclic amines) is 1. The molecule has 12 heteroatoms. The zero-order valence-electron chi connectivity index (χ0n) is 24.5. The van der Waals surface area contributed by atoms with Gasteiger partial charge in [-0.15, -0.1) is 0 Å². The smallest absolute Gasteiger partial charge is 0.250 e. The summed E-state index contributed by atoms with van der Waals surface area (Å²) in [6.45, 7) is 3.52. The maximum Gasteiger partial charge on any atom is 0.250 e. The van der Waals surface area contributed by atoms with Crippen LogP contribution in [0.4, 0.5) is 4.39 Å². The monoisotopic (exact) mass is 634 g/mol.